The molecular formula is C16H24N2O2+2. The summed E-state index contributed by atoms with van der Waals surface area (Å²) < 4.78 is 11.1. The number of rotatable bonds is 1. The van der Waals surface area contributed by atoms with E-state index in [1.807, 2.05) is 0 Å². The Balaban J connectivity index is 1.66. The van der Waals surface area contributed by atoms with E-state index in [0.29, 0.717) is 12.8 Å². The maximum atomic E-state index is 5.58. The van der Waals surface area contributed by atoms with Crippen LogP contribution in [0.1, 0.15) is 42.9 Å². The second-order valence-corrected chi connectivity index (χ2v) is 6.26. The first-order valence-electron chi connectivity index (χ1n) is 8.00. The van der Waals surface area contributed by atoms with Gasteiger partial charge in [0.15, 0.2) is 17.5 Å². The fraction of sp³-hybridized carbons (Fsp3) is 0.625. The molecule has 4 heteroatoms. The van der Waals surface area contributed by atoms with E-state index in [4.69, 9.17) is 9.47 Å². The van der Waals surface area contributed by atoms with Gasteiger partial charge in [-0.1, -0.05) is 0 Å². The minimum Gasteiger partial charge on any atom is -0.454 e. The van der Waals surface area contributed by atoms with Gasteiger partial charge in [0.1, 0.15) is 13.1 Å². The zero-order valence-electron chi connectivity index (χ0n) is 12.0. The average Bonchev–Trinajstić information content (AvgIpc) is 2.76. The summed E-state index contributed by atoms with van der Waals surface area (Å²) in [6.07, 6.45) is 5.58. The molecule has 0 aliphatic carbocycles. The number of ether oxygens (including phenoxy) is 2. The molecule has 1 aromatic rings. The molecule has 4 rings (SSSR count). The summed E-state index contributed by atoms with van der Waals surface area (Å²) >= 11 is 0. The van der Waals surface area contributed by atoms with E-state index in [1.54, 1.807) is 4.90 Å². The van der Waals surface area contributed by atoms with Gasteiger partial charge in [-0.2, -0.15) is 0 Å². The predicted molar refractivity (Wildman–Crippen MR) is 75.0 cm³/mol. The Kier molecular flexibility index (Phi) is 3.28. The maximum Gasteiger partial charge on any atom is 0.231 e. The zero-order chi connectivity index (χ0) is 13.4. The van der Waals surface area contributed by atoms with Gasteiger partial charge in [-0.25, -0.2) is 0 Å². The summed E-state index contributed by atoms with van der Waals surface area (Å²) in [5.74, 6) is 1.88. The summed E-state index contributed by atoms with van der Waals surface area (Å²) in [5.41, 5.74) is 2.95. The van der Waals surface area contributed by atoms with Crippen LogP contribution >= 0.6 is 0 Å². The lowest BCUT2D eigenvalue weighted by Gasteiger charge is -2.31. The average molecular weight is 276 g/mol. The normalized spacial score (nSPS) is 26.1. The number of fused-ring (bicyclic) bond motifs is 2. The van der Waals surface area contributed by atoms with E-state index in [1.165, 1.54) is 56.4 Å². The van der Waals surface area contributed by atoms with Gasteiger partial charge in [0.25, 0.3) is 0 Å². The largest absolute Gasteiger partial charge is 0.454 e. The lowest BCUT2D eigenvalue weighted by molar-refractivity contribution is -0.947. The number of nitrogens with two attached hydrogens (primary N) is 1. The molecule has 4 nitrogen and oxygen atoms in total. The molecule has 1 aromatic carbocycles. The van der Waals surface area contributed by atoms with E-state index < -0.39 is 0 Å². The Labute approximate surface area is 120 Å². The summed E-state index contributed by atoms with van der Waals surface area (Å²) in [7, 11) is 0. The lowest BCUT2D eigenvalue weighted by Crippen LogP contribution is -3.15. The van der Waals surface area contributed by atoms with Gasteiger partial charge in [0.05, 0.1) is 13.1 Å². The number of quaternary nitrogens is 2. The van der Waals surface area contributed by atoms with Gasteiger partial charge >= 0.3 is 0 Å². The Hall–Kier alpha value is -1.26. The number of benzene rings is 1. The minimum atomic E-state index is 0.378. The molecule has 3 aliphatic heterocycles. The molecule has 3 aliphatic rings. The van der Waals surface area contributed by atoms with Crippen molar-refractivity contribution in [3.8, 4) is 11.5 Å². The molecule has 0 radical (unpaired) electrons. The second kappa shape index (κ2) is 5.26. The van der Waals surface area contributed by atoms with Crippen LogP contribution in [0.5, 0.6) is 11.5 Å². The molecule has 108 valence electrons. The quantitative estimate of drug-likeness (QED) is 0.757. The van der Waals surface area contributed by atoms with Gasteiger partial charge in [0.2, 0.25) is 6.79 Å². The van der Waals surface area contributed by atoms with Gasteiger partial charge < -0.3 is 19.7 Å². The van der Waals surface area contributed by atoms with Crippen LogP contribution in [0.2, 0.25) is 0 Å². The second-order valence-electron chi connectivity index (χ2n) is 6.26. The first kappa shape index (κ1) is 12.5. The van der Waals surface area contributed by atoms with Crippen molar-refractivity contribution >= 4 is 0 Å². The van der Waals surface area contributed by atoms with Crippen LogP contribution in [0.4, 0.5) is 0 Å². The fourth-order valence-corrected chi connectivity index (χ4v) is 3.95. The minimum absolute atomic E-state index is 0.378. The molecule has 0 amide bonds. The highest BCUT2D eigenvalue weighted by Gasteiger charge is 2.34. The number of likely N-dealkylation sites (tertiary alicyclic amines) is 1. The number of hydrogen-bond donors (Lipinski definition) is 2. The maximum absolute atomic E-state index is 5.58. The van der Waals surface area contributed by atoms with Crippen LogP contribution in [0, 0.1) is 0 Å². The third kappa shape index (κ3) is 2.17. The van der Waals surface area contributed by atoms with Crippen molar-refractivity contribution in [1.82, 2.24) is 0 Å². The highest BCUT2D eigenvalue weighted by molar-refractivity contribution is 5.49. The summed E-state index contributed by atoms with van der Waals surface area (Å²) in [4.78, 5) is 1.78. The lowest BCUT2D eigenvalue weighted by atomic mass is 9.94. The van der Waals surface area contributed by atoms with Crippen LogP contribution in [-0.4, -0.2) is 26.4 Å². The highest BCUT2D eigenvalue weighted by atomic mass is 16.7. The van der Waals surface area contributed by atoms with E-state index in [-0.39, 0.29) is 0 Å². The fourth-order valence-electron chi connectivity index (χ4n) is 3.95. The number of nitrogens with one attached hydrogen (secondary N) is 1. The predicted octanol–water partition coefficient (Wildman–Crippen LogP) is -0.00770. The Bertz CT molecular complexity index is 495. The van der Waals surface area contributed by atoms with Crippen LogP contribution in [0.3, 0.4) is 0 Å². The van der Waals surface area contributed by atoms with Crippen LogP contribution in [0.15, 0.2) is 12.1 Å². The summed E-state index contributed by atoms with van der Waals surface area (Å²) in [6.45, 7) is 5.32. The molecule has 0 aromatic heterocycles. The third-order valence-electron chi connectivity index (χ3n) is 5.02. The van der Waals surface area contributed by atoms with Gasteiger partial charge in [-0.15, -0.1) is 0 Å². The first-order chi connectivity index (χ1) is 9.92. The molecule has 1 atom stereocenters. The SMILES string of the molecule is c1c2c(cc3c1OCO3)[C@H]([NH+]1CCCCCC1)C[NH2+]C2. The highest BCUT2D eigenvalue weighted by Crippen LogP contribution is 2.36. The van der Waals surface area contributed by atoms with Crippen LogP contribution < -0.4 is 19.7 Å². The first-order valence-corrected chi connectivity index (χ1v) is 8.00. The molecule has 0 spiro atoms. The van der Waals surface area contributed by atoms with Crippen molar-refractivity contribution < 1.29 is 19.7 Å². The van der Waals surface area contributed by atoms with Crippen molar-refractivity contribution in [1.29, 1.82) is 0 Å². The molecular weight excluding hydrogens is 252 g/mol. The van der Waals surface area contributed by atoms with Crippen molar-refractivity contribution in [3.63, 3.8) is 0 Å². The standard InChI is InChI=1S/C16H22N2O2/c1-2-4-6-18(5-3-1)14-10-17-9-12-7-15-16(8-13(12)14)20-11-19-15/h7-8,14,17H,1-6,9-11H2/p+2/t14-/m1/s1. The smallest absolute Gasteiger partial charge is 0.231 e. The topological polar surface area (TPSA) is 39.5 Å². The van der Waals surface area contributed by atoms with Crippen LogP contribution in [0.25, 0.3) is 0 Å². The van der Waals surface area contributed by atoms with Crippen molar-refractivity contribution in [3.05, 3.63) is 23.3 Å². The summed E-state index contributed by atoms with van der Waals surface area (Å²) in [5, 5.41) is 2.45. The Morgan fingerprint density at radius 2 is 1.75 bits per heavy atom. The van der Waals surface area contributed by atoms with Gasteiger partial charge in [-0.3, -0.25) is 0 Å². The van der Waals surface area contributed by atoms with Gasteiger partial charge in [0, 0.05) is 11.1 Å². The van der Waals surface area contributed by atoms with E-state index in [0.717, 1.165) is 18.0 Å². The van der Waals surface area contributed by atoms with Crippen molar-refractivity contribution in [2.45, 2.75) is 38.3 Å². The number of hydrogen-bond acceptors (Lipinski definition) is 2. The Morgan fingerprint density at radius 1 is 1.00 bits per heavy atom. The van der Waals surface area contributed by atoms with Gasteiger partial charge in [-0.05, 0) is 37.8 Å². The molecule has 0 bridgehead atoms. The molecule has 20 heavy (non-hydrogen) atoms. The van der Waals surface area contributed by atoms with Crippen LogP contribution in [-0.2, 0) is 6.54 Å². The van der Waals surface area contributed by atoms with Crippen molar-refractivity contribution in [2.75, 3.05) is 26.4 Å². The third-order valence-corrected chi connectivity index (χ3v) is 5.02. The van der Waals surface area contributed by atoms with E-state index in [9.17, 15) is 0 Å². The summed E-state index contributed by atoms with van der Waals surface area (Å²) in [6, 6.07) is 5.09. The zero-order valence-corrected chi connectivity index (χ0v) is 12.0. The van der Waals surface area contributed by atoms with E-state index >= 15 is 0 Å². The van der Waals surface area contributed by atoms with Crippen molar-refractivity contribution in [2.24, 2.45) is 0 Å². The van der Waals surface area contributed by atoms with E-state index in [2.05, 4.69) is 17.4 Å². The molecule has 0 unspecified atom stereocenters. The molecule has 0 saturated carbocycles. The molecule has 3 N–H and O–H groups in total. The molecule has 3 heterocycles. The molecule has 1 fully saturated rings. The monoisotopic (exact) mass is 276 g/mol. The Morgan fingerprint density at radius 3 is 2.55 bits per heavy atom. The molecule has 1 saturated heterocycles.